The summed E-state index contributed by atoms with van der Waals surface area (Å²) in [7, 11) is 1.86. The van der Waals surface area contributed by atoms with Gasteiger partial charge in [0.05, 0.1) is 11.3 Å². The smallest absolute Gasteiger partial charge is 0.173 e. The van der Waals surface area contributed by atoms with Crippen molar-refractivity contribution in [2.75, 3.05) is 0 Å². The molecule has 1 aromatic carbocycles. The van der Waals surface area contributed by atoms with Gasteiger partial charge in [-0.2, -0.15) is 5.10 Å². The van der Waals surface area contributed by atoms with Gasteiger partial charge in [-0.3, -0.25) is 4.68 Å². The second kappa shape index (κ2) is 5.24. The van der Waals surface area contributed by atoms with Crippen molar-refractivity contribution in [3.8, 4) is 11.5 Å². The van der Waals surface area contributed by atoms with E-state index in [0.29, 0.717) is 17.1 Å². The number of ether oxygens (including phenoxy) is 1. The molecule has 0 bridgehead atoms. The van der Waals surface area contributed by atoms with Crippen molar-refractivity contribution in [2.24, 2.45) is 17.9 Å². The van der Waals surface area contributed by atoms with E-state index >= 15 is 0 Å². The number of hydrogen-bond acceptors (Lipinski definition) is 4. The number of hydrogen-bond donors (Lipinski definition) is 2. The Kier molecular flexibility index (Phi) is 3.65. The van der Waals surface area contributed by atoms with Crippen molar-refractivity contribution >= 4 is 5.84 Å². The average Bonchev–Trinajstić information content (AvgIpc) is 2.66. The van der Waals surface area contributed by atoms with E-state index in [0.717, 1.165) is 17.0 Å². The van der Waals surface area contributed by atoms with Gasteiger partial charge in [0.2, 0.25) is 0 Å². The van der Waals surface area contributed by atoms with Crippen molar-refractivity contribution in [3.63, 3.8) is 0 Å². The lowest BCUT2D eigenvalue weighted by atomic mass is 10.1. The largest absolute Gasteiger partial charge is 0.453 e. The van der Waals surface area contributed by atoms with E-state index in [-0.39, 0.29) is 5.84 Å². The van der Waals surface area contributed by atoms with Gasteiger partial charge < -0.3 is 15.7 Å². The zero-order chi connectivity index (χ0) is 14.9. The van der Waals surface area contributed by atoms with Gasteiger partial charge in [0.1, 0.15) is 11.4 Å². The van der Waals surface area contributed by atoms with E-state index in [1.54, 1.807) is 10.7 Å². The molecule has 0 radical (unpaired) electrons. The summed E-state index contributed by atoms with van der Waals surface area (Å²) in [5, 5.41) is 16.2. The fraction of sp³-hybridized carbons (Fsp3) is 0.286. The highest BCUT2D eigenvalue weighted by Gasteiger charge is 2.15. The van der Waals surface area contributed by atoms with Gasteiger partial charge >= 0.3 is 0 Å². The molecule has 0 saturated carbocycles. The summed E-state index contributed by atoms with van der Waals surface area (Å²) in [5.74, 6) is 1.23. The fourth-order valence-electron chi connectivity index (χ4n) is 2.00. The van der Waals surface area contributed by atoms with E-state index in [1.165, 1.54) is 0 Å². The van der Waals surface area contributed by atoms with Gasteiger partial charge in [-0.1, -0.05) is 16.8 Å². The van der Waals surface area contributed by atoms with Crippen molar-refractivity contribution in [1.29, 1.82) is 0 Å². The Labute approximate surface area is 117 Å². The van der Waals surface area contributed by atoms with Crippen LogP contribution >= 0.6 is 0 Å². The second-order valence-electron chi connectivity index (χ2n) is 4.71. The Morgan fingerprint density at radius 2 is 2.05 bits per heavy atom. The predicted octanol–water partition coefficient (Wildman–Crippen LogP) is 2.23. The van der Waals surface area contributed by atoms with Crippen molar-refractivity contribution in [2.45, 2.75) is 20.8 Å². The molecule has 2 rings (SSSR count). The lowest BCUT2D eigenvalue weighted by Gasteiger charge is -2.11. The third-order valence-corrected chi connectivity index (χ3v) is 3.17. The summed E-state index contributed by atoms with van der Waals surface area (Å²) in [6.07, 6.45) is 0. The molecule has 106 valence electrons. The summed E-state index contributed by atoms with van der Waals surface area (Å²) in [6.45, 7) is 5.73. The summed E-state index contributed by atoms with van der Waals surface area (Å²) in [4.78, 5) is 0. The Hall–Kier alpha value is -2.50. The number of nitrogens with zero attached hydrogens (tertiary/aromatic N) is 3. The zero-order valence-corrected chi connectivity index (χ0v) is 12.0. The normalized spacial score (nSPS) is 11.7. The third kappa shape index (κ3) is 2.45. The van der Waals surface area contributed by atoms with E-state index in [9.17, 15) is 0 Å². The molecule has 0 aliphatic rings. The van der Waals surface area contributed by atoms with Gasteiger partial charge in [0.15, 0.2) is 11.6 Å². The number of rotatable bonds is 3. The molecule has 0 aliphatic heterocycles. The molecule has 20 heavy (non-hydrogen) atoms. The fourth-order valence-corrected chi connectivity index (χ4v) is 2.00. The van der Waals surface area contributed by atoms with Crippen molar-refractivity contribution in [1.82, 2.24) is 9.78 Å². The van der Waals surface area contributed by atoms with Crippen LogP contribution in [0, 0.1) is 20.8 Å². The molecule has 0 atom stereocenters. The SMILES string of the molecule is Cc1ccc(Oc2c(C)nn(C)c2C)c(/C(N)=N/O)c1. The molecule has 0 spiro atoms. The summed E-state index contributed by atoms with van der Waals surface area (Å²) in [6, 6.07) is 5.52. The first kappa shape index (κ1) is 13.9. The van der Waals surface area contributed by atoms with Gasteiger partial charge in [0, 0.05) is 7.05 Å². The first-order valence-electron chi connectivity index (χ1n) is 6.20. The number of aryl methyl sites for hydroxylation is 3. The van der Waals surface area contributed by atoms with E-state index in [4.69, 9.17) is 15.7 Å². The van der Waals surface area contributed by atoms with Crippen LogP contribution in [0.25, 0.3) is 0 Å². The van der Waals surface area contributed by atoms with Gasteiger partial charge in [-0.25, -0.2) is 0 Å². The van der Waals surface area contributed by atoms with Crippen LogP contribution in [0.4, 0.5) is 0 Å². The topological polar surface area (TPSA) is 85.7 Å². The molecular weight excluding hydrogens is 256 g/mol. The average molecular weight is 274 g/mol. The number of amidine groups is 1. The highest BCUT2D eigenvalue weighted by atomic mass is 16.5. The molecule has 1 aromatic heterocycles. The highest BCUT2D eigenvalue weighted by molar-refractivity contribution is 5.99. The Morgan fingerprint density at radius 3 is 2.60 bits per heavy atom. The molecule has 3 N–H and O–H groups in total. The molecule has 0 saturated heterocycles. The predicted molar refractivity (Wildman–Crippen MR) is 76.4 cm³/mol. The van der Waals surface area contributed by atoms with E-state index in [2.05, 4.69) is 10.3 Å². The Bertz CT molecular complexity index is 674. The van der Waals surface area contributed by atoms with Crippen molar-refractivity contribution in [3.05, 3.63) is 40.7 Å². The maximum Gasteiger partial charge on any atom is 0.173 e. The molecule has 6 nitrogen and oxygen atoms in total. The molecule has 0 aliphatic carbocycles. The molecule has 0 fully saturated rings. The molecule has 1 heterocycles. The van der Waals surface area contributed by atoms with Crippen LogP contribution in [0.3, 0.4) is 0 Å². The van der Waals surface area contributed by atoms with Crippen LogP contribution in [-0.4, -0.2) is 20.8 Å². The van der Waals surface area contributed by atoms with Crippen LogP contribution in [0.5, 0.6) is 11.5 Å². The number of nitrogens with two attached hydrogens (primary N) is 1. The van der Waals surface area contributed by atoms with Gasteiger partial charge in [0.25, 0.3) is 0 Å². The van der Waals surface area contributed by atoms with Gasteiger partial charge in [-0.15, -0.1) is 0 Å². The molecule has 0 unspecified atom stereocenters. The van der Waals surface area contributed by atoms with E-state index in [1.807, 2.05) is 40.0 Å². The highest BCUT2D eigenvalue weighted by Crippen LogP contribution is 2.30. The monoisotopic (exact) mass is 274 g/mol. The van der Waals surface area contributed by atoms with Crippen LogP contribution in [0.1, 0.15) is 22.5 Å². The standard InChI is InChI=1S/C14H18N4O2/c1-8-5-6-12(11(7-8)14(15)17-19)20-13-9(2)16-18(4)10(13)3/h5-7,19H,1-4H3,(H2,15,17). The van der Waals surface area contributed by atoms with Gasteiger partial charge in [-0.05, 0) is 32.9 Å². The van der Waals surface area contributed by atoms with Crippen LogP contribution < -0.4 is 10.5 Å². The number of aromatic nitrogens is 2. The Balaban J connectivity index is 2.48. The zero-order valence-electron chi connectivity index (χ0n) is 12.0. The lowest BCUT2D eigenvalue weighted by molar-refractivity contribution is 0.318. The summed E-state index contributed by atoms with van der Waals surface area (Å²) < 4.78 is 7.67. The molecule has 2 aromatic rings. The quantitative estimate of drug-likeness (QED) is 0.389. The van der Waals surface area contributed by atoms with Crippen LogP contribution in [0.15, 0.2) is 23.4 Å². The second-order valence-corrected chi connectivity index (χ2v) is 4.71. The Morgan fingerprint density at radius 1 is 1.35 bits per heavy atom. The lowest BCUT2D eigenvalue weighted by Crippen LogP contribution is -2.14. The number of benzene rings is 1. The summed E-state index contributed by atoms with van der Waals surface area (Å²) >= 11 is 0. The summed E-state index contributed by atoms with van der Waals surface area (Å²) in [5.41, 5.74) is 8.95. The maximum atomic E-state index is 8.87. The minimum atomic E-state index is 0.0166. The van der Waals surface area contributed by atoms with E-state index < -0.39 is 0 Å². The minimum Gasteiger partial charge on any atom is -0.453 e. The maximum absolute atomic E-state index is 8.87. The van der Waals surface area contributed by atoms with Crippen LogP contribution in [-0.2, 0) is 7.05 Å². The van der Waals surface area contributed by atoms with Crippen LogP contribution in [0.2, 0.25) is 0 Å². The first-order chi connectivity index (χ1) is 9.43. The number of oxime groups is 1. The third-order valence-electron chi connectivity index (χ3n) is 3.17. The first-order valence-corrected chi connectivity index (χ1v) is 6.20. The van der Waals surface area contributed by atoms with Crippen molar-refractivity contribution < 1.29 is 9.94 Å². The molecule has 6 heteroatoms. The molecular formula is C14H18N4O2. The minimum absolute atomic E-state index is 0.0166. The molecule has 0 amide bonds.